The van der Waals surface area contributed by atoms with Crippen LogP contribution in [-0.2, 0) is 14.8 Å². The van der Waals surface area contributed by atoms with E-state index in [1.165, 1.54) is 25.3 Å². The van der Waals surface area contributed by atoms with Crippen molar-refractivity contribution in [2.45, 2.75) is 25.2 Å². The Bertz CT molecular complexity index is 902. The second-order valence-corrected chi connectivity index (χ2v) is 8.95. The van der Waals surface area contributed by atoms with Crippen LogP contribution in [0.15, 0.2) is 53.4 Å². The second-order valence-electron chi connectivity index (χ2n) is 6.68. The molecule has 0 aliphatic rings. The number of sulfonamides is 1. The maximum Gasteiger partial charge on any atom is 0.264 e. The van der Waals surface area contributed by atoms with Crippen LogP contribution in [0, 0.1) is 5.92 Å². The molecule has 0 saturated heterocycles. The van der Waals surface area contributed by atoms with Crippen molar-refractivity contribution in [3.05, 3.63) is 53.6 Å². The van der Waals surface area contributed by atoms with Gasteiger partial charge in [0.25, 0.3) is 10.0 Å². The van der Waals surface area contributed by atoms with Gasteiger partial charge >= 0.3 is 0 Å². The van der Waals surface area contributed by atoms with Crippen LogP contribution in [-0.4, -0.2) is 34.5 Å². The maximum absolute atomic E-state index is 13.2. The molecule has 152 valence electrons. The normalized spacial score (nSPS) is 11.3. The summed E-state index contributed by atoms with van der Waals surface area (Å²) in [6.07, 6.45) is 0.811. The van der Waals surface area contributed by atoms with Crippen molar-refractivity contribution in [1.82, 2.24) is 5.32 Å². The number of hydrogen-bond donors (Lipinski definition) is 1. The molecule has 0 unspecified atom stereocenters. The molecule has 0 spiro atoms. The van der Waals surface area contributed by atoms with E-state index in [1.807, 2.05) is 0 Å². The van der Waals surface area contributed by atoms with Crippen molar-refractivity contribution < 1.29 is 17.9 Å². The van der Waals surface area contributed by atoms with Gasteiger partial charge in [-0.1, -0.05) is 43.6 Å². The zero-order chi connectivity index (χ0) is 20.7. The predicted octanol–water partition coefficient (Wildman–Crippen LogP) is 3.71. The van der Waals surface area contributed by atoms with Gasteiger partial charge in [-0.2, -0.15) is 0 Å². The smallest absolute Gasteiger partial charge is 0.264 e. The van der Waals surface area contributed by atoms with Crippen LogP contribution in [0.1, 0.15) is 20.3 Å². The summed E-state index contributed by atoms with van der Waals surface area (Å²) in [6.45, 7) is 4.24. The Morgan fingerprint density at radius 3 is 2.43 bits per heavy atom. The monoisotopic (exact) mass is 424 g/mol. The molecule has 0 fully saturated rings. The summed E-state index contributed by atoms with van der Waals surface area (Å²) < 4.78 is 32.6. The van der Waals surface area contributed by atoms with E-state index in [0.29, 0.717) is 18.2 Å². The molecule has 28 heavy (non-hydrogen) atoms. The fourth-order valence-electron chi connectivity index (χ4n) is 2.53. The molecule has 0 aliphatic carbocycles. The summed E-state index contributed by atoms with van der Waals surface area (Å²) in [5, 5.41) is 3.03. The minimum Gasteiger partial charge on any atom is -0.495 e. The van der Waals surface area contributed by atoms with Crippen molar-refractivity contribution in [2.75, 3.05) is 24.5 Å². The van der Waals surface area contributed by atoms with Crippen molar-refractivity contribution >= 4 is 33.2 Å². The van der Waals surface area contributed by atoms with Crippen molar-refractivity contribution in [3.8, 4) is 5.75 Å². The van der Waals surface area contributed by atoms with E-state index in [9.17, 15) is 13.2 Å². The lowest BCUT2D eigenvalue weighted by Crippen LogP contribution is -2.41. The van der Waals surface area contributed by atoms with E-state index in [2.05, 4.69) is 19.2 Å². The van der Waals surface area contributed by atoms with Crippen LogP contribution < -0.4 is 14.4 Å². The minimum atomic E-state index is -3.95. The number of amides is 1. The summed E-state index contributed by atoms with van der Waals surface area (Å²) in [5.41, 5.74) is 0.286. The molecule has 0 saturated carbocycles. The molecule has 2 aromatic rings. The first-order valence-corrected chi connectivity index (χ1v) is 10.8. The summed E-state index contributed by atoms with van der Waals surface area (Å²) in [5.74, 6) is 0.473. The number of rotatable bonds is 9. The third-order valence-electron chi connectivity index (χ3n) is 4.09. The Kier molecular flexibility index (Phi) is 7.71. The number of ether oxygens (including phenoxy) is 1. The molecule has 0 heterocycles. The van der Waals surface area contributed by atoms with Crippen molar-refractivity contribution in [2.24, 2.45) is 5.92 Å². The first kappa shape index (κ1) is 22.0. The number of nitrogens with zero attached hydrogens (tertiary/aromatic N) is 1. The van der Waals surface area contributed by atoms with E-state index < -0.39 is 10.0 Å². The van der Waals surface area contributed by atoms with E-state index >= 15 is 0 Å². The average molecular weight is 425 g/mol. The number of nitrogens with one attached hydrogen (secondary N) is 1. The van der Waals surface area contributed by atoms with Gasteiger partial charge in [0.15, 0.2) is 0 Å². The van der Waals surface area contributed by atoms with Gasteiger partial charge in [-0.25, -0.2) is 8.42 Å². The van der Waals surface area contributed by atoms with Gasteiger partial charge in [0.05, 0.1) is 22.7 Å². The molecule has 0 aliphatic heterocycles. The van der Waals surface area contributed by atoms with E-state index in [4.69, 9.17) is 16.3 Å². The van der Waals surface area contributed by atoms with Gasteiger partial charge in [0.2, 0.25) is 5.91 Å². The van der Waals surface area contributed by atoms with Crippen molar-refractivity contribution in [3.63, 3.8) is 0 Å². The standard InChI is InChI=1S/C20H25ClN2O4S/c1-15(2)11-12-22-20(24)14-23(16-9-10-19(27-3)18(21)13-16)28(25,26)17-7-5-4-6-8-17/h4-10,13,15H,11-12,14H2,1-3H3,(H,22,24). The SMILES string of the molecule is COc1ccc(N(CC(=O)NCCC(C)C)S(=O)(=O)c2ccccc2)cc1Cl. The van der Waals surface area contributed by atoms with Crippen LogP contribution in [0.25, 0.3) is 0 Å². The third-order valence-corrected chi connectivity index (χ3v) is 6.17. The molecule has 0 bridgehead atoms. The first-order valence-electron chi connectivity index (χ1n) is 8.93. The van der Waals surface area contributed by atoms with Crippen LogP contribution in [0.4, 0.5) is 5.69 Å². The average Bonchev–Trinajstić information content (AvgIpc) is 2.66. The molecule has 1 N–H and O–H groups in total. The van der Waals surface area contributed by atoms with Gasteiger partial charge in [-0.3, -0.25) is 9.10 Å². The van der Waals surface area contributed by atoms with E-state index in [1.54, 1.807) is 30.3 Å². The highest BCUT2D eigenvalue weighted by molar-refractivity contribution is 7.92. The minimum absolute atomic E-state index is 0.0944. The molecule has 0 atom stereocenters. The van der Waals surface area contributed by atoms with Crippen molar-refractivity contribution in [1.29, 1.82) is 0 Å². The quantitative estimate of drug-likeness (QED) is 0.665. The molecular formula is C20H25ClN2O4S. The summed E-state index contributed by atoms with van der Waals surface area (Å²) in [6, 6.07) is 12.6. The topological polar surface area (TPSA) is 75.7 Å². The third kappa shape index (κ3) is 5.62. The number of carbonyl (C=O) groups is 1. The highest BCUT2D eigenvalue weighted by Gasteiger charge is 2.27. The van der Waals surface area contributed by atoms with E-state index in [-0.39, 0.29) is 28.1 Å². The lowest BCUT2D eigenvalue weighted by Gasteiger charge is -2.24. The second kappa shape index (κ2) is 9.80. The van der Waals surface area contributed by atoms with Gasteiger partial charge in [0.1, 0.15) is 12.3 Å². The zero-order valence-electron chi connectivity index (χ0n) is 16.2. The van der Waals surface area contributed by atoms with Crippen LogP contribution in [0.3, 0.4) is 0 Å². The van der Waals surface area contributed by atoms with Crippen LogP contribution in [0.5, 0.6) is 5.75 Å². The fraction of sp³-hybridized carbons (Fsp3) is 0.350. The largest absolute Gasteiger partial charge is 0.495 e. The molecule has 6 nitrogen and oxygen atoms in total. The zero-order valence-corrected chi connectivity index (χ0v) is 17.8. The van der Waals surface area contributed by atoms with Crippen LogP contribution >= 0.6 is 11.6 Å². The molecular weight excluding hydrogens is 400 g/mol. The van der Waals surface area contributed by atoms with Crippen LogP contribution in [0.2, 0.25) is 5.02 Å². The summed E-state index contributed by atoms with van der Waals surface area (Å²) in [4.78, 5) is 12.5. The summed E-state index contributed by atoms with van der Waals surface area (Å²) >= 11 is 6.18. The number of anilines is 1. The predicted molar refractivity (Wildman–Crippen MR) is 111 cm³/mol. The first-order chi connectivity index (χ1) is 13.3. The van der Waals surface area contributed by atoms with Gasteiger partial charge in [-0.05, 0) is 42.7 Å². The summed E-state index contributed by atoms with van der Waals surface area (Å²) in [7, 11) is -2.48. The van der Waals surface area contributed by atoms with E-state index in [0.717, 1.165) is 10.7 Å². The molecule has 0 aromatic heterocycles. The Morgan fingerprint density at radius 1 is 1.18 bits per heavy atom. The molecule has 2 aromatic carbocycles. The molecule has 8 heteroatoms. The Morgan fingerprint density at radius 2 is 1.86 bits per heavy atom. The van der Waals surface area contributed by atoms with Gasteiger partial charge in [0, 0.05) is 6.54 Å². The maximum atomic E-state index is 13.2. The fourth-order valence-corrected chi connectivity index (χ4v) is 4.22. The van der Waals surface area contributed by atoms with Gasteiger partial charge < -0.3 is 10.1 Å². The Labute approximate surface area is 171 Å². The Balaban J connectivity index is 2.36. The number of benzene rings is 2. The lowest BCUT2D eigenvalue weighted by molar-refractivity contribution is -0.119. The Hall–Kier alpha value is -2.25. The number of carbonyl (C=O) groups excluding carboxylic acids is 1. The van der Waals surface area contributed by atoms with Gasteiger partial charge in [-0.15, -0.1) is 0 Å². The number of hydrogen-bond acceptors (Lipinski definition) is 4. The number of methoxy groups -OCH3 is 1. The highest BCUT2D eigenvalue weighted by atomic mass is 35.5. The lowest BCUT2D eigenvalue weighted by atomic mass is 10.1. The number of halogens is 1. The highest BCUT2D eigenvalue weighted by Crippen LogP contribution is 2.31. The molecule has 1 amide bonds. The molecule has 2 rings (SSSR count). The molecule has 0 radical (unpaired) electrons.